The second-order valence-corrected chi connectivity index (χ2v) is 5.78. The number of carbonyl (C=O) groups is 1. The number of hydrogen-bond acceptors (Lipinski definition) is 3. The third-order valence-corrected chi connectivity index (χ3v) is 4.44. The Balaban J connectivity index is 1.94. The Kier molecular flexibility index (Phi) is 5.20. The molecule has 2 N–H and O–H groups in total. The van der Waals surface area contributed by atoms with Gasteiger partial charge in [0.15, 0.2) is 0 Å². The summed E-state index contributed by atoms with van der Waals surface area (Å²) in [6.45, 7) is 0.144. The Morgan fingerprint density at radius 1 is 1.44 bits per heavy atom. The van der Waals surface area contributed by atoms with Gasteiger partial charge in [-0.25, -0.2) is 0 Å². The fourth-order valence-corrected chi connectivity index (χ4v) is 3.38. The molecule has 2 rings (SSSR count). The zero-order valence-corrected chi connectivity index (χ0v) is 11.4. The first-order valence-electron chi connectivity index (χ1n) is 6.75. The standard InChI is InChI=1S/C14H21NO2S/c16-8-6-13(11-4-2-1-3-5-11)15-14(17)12-7-9-18-10-12/h7,9-11,13,16H,1-6,8H2,(H,15,17). The first-order valence-corrected chi connectivity index (χ1v) is 7.69. The maximum absolute atomic E-state index is 12.0. The summed E-state index contributed by atoms with van der Waals surface area (Å²) in [6.07, 6.45) is 6.83. The van der Waals surface area contributed by atoms with Crippen LogP contribution >= 0.6 is 11.3 Å². The monoisotopic (exact) mass is 267 g/mol. The summed E-state index contributed by atoms with van der Waals surface area (Å²) in [4.78, 5) is 12.0. The molecule has 0 saturated heterocycles. The maximum atomic E-state index is 12.0. The van der Waals surface area contributed by atoms with Gasteiger partial charge in [-0.2, -0.15) is 11.3 Å². The molecule has 1 unspecified atom stereocenters. The quantitative estimate of drug-likeness (QED) is 0.862. The van der Waals surface area contributed by atoms with Gasteiger partial charge in [-0.15, -0.1) is 0 Å². The highest BCUT2D eigenvalue weighted by molar-refractivity contribution is 7.08. The lowest BCUT2D eigenvalue weighted by Crippen LogP contribution is -2.41. The van der Waals surface area contributed by atoms with E-state index in [2.05, 4.69) is 5.32 Å². The zero-order chi connectivity index (χ0) is 12.8. The summed E-state index contributed by atoms with van der Waals surface area (Å²) in [5.74, 6) is 0.536. The van der Waals surface area contributed by atoms with Crippen molar-refractivity contribution in [3.05, 3.63) is 22.4 Å². The number of thiophene rings is 1. The van der Waals surface area contributed by atoms with Gasteiger partial charge in [-0.05, 0) is 36.6 Å². The summed E-state index contributed by atoms with van der Waals surface area (Å²) < 4.78 is 0. The number of nitrogens with one attached hydrogen (secondary N) is 1. The summed E-state index contributed by atoms with van der Waals surface area (Å²) in [6, 6.07) is 1.97. The van der Waals surface area contributed by atoms with Gasteiger partial charge in [0, 0.05) is 23.6 Å². The minimum Gasteiger partial charge on any atom is -0.396 e. The molecule has 3 nitrogen and oxygen atoms in total. The van der Waals surface area contributed by atoms with Crippen LogP contribution in [0.1, 0.15) is 48.9 Å². The smallest absolute Gasteiger partial charge is 0.252 e. The van der Waals surface area contributed by atoms with Crippen LogP contribution in [-0.2, 0) is 0 Å². The first kappa shape index (κ1) is 13.6. The van der Waals surface area contributed by atoms with Crippen molar-refractivity contribution in [1.82, 2.24) is 5.32 Å². The molecule has 100 valence electrons. The topological polar surface area (TPSA) is 49.3 Å². The van der Waals surface area contributed by atoms with E-state index in [1.54, 1.807) is 0 Å². The molecular weight excluding hydrogens is 246 g/mol. The molecule has 0 bridgehead atoms. The van der Waals surface area contributed by atoms with Crippen LogP contribution in [0.3, 0.4) is 0 Å². The summed E-state index contributed by atoms with van der Waals surface area (Å²) in [5, 5.41) is 16.0. The fourth-order valence-electron chi connectivity index (χ4n) is 2.75. The summed E-state index contributed by atoms with van der Waals surface area (Å²) >= 11 is 1.53. The van der Waals surface area contributed by atoms with Gasteiger partial charge in [-0.3, -0.25) is 4.79 Å². The molecule has 1 aromatic rings. The second-order valence-electron chi connectivity index (χ2n) is 5.00. The Morgan fingerprint density at radius 3 is 2.83 bits per heavy atom. The van der Waals surface area contributed by atoms with Crippen molar-refractivity contribution < 1.29 is 9.90 Å². The highest BCUT2D eigenvalue weighted by Gasteiger charge is 2.25. The summed E-state index contributed by atoms with van der Waals surface area (Å²) in [5.41, 5.74) is 0.735. The molecule has 1 atom stereocenters. The van der Waals surface area contributed by atoms with Crippen molar-refractivity contribution in [3.8, 4) is 0 Å². The van der Waals surface area contributed by atoms with Crippen LogP contribution in [0.2, 0.25) is 0 Å². The highest BCUT2D eigenvalue weighted by atomic mass is 32.1. The average Bonchev–Trinajstić information content (AvgIpc) is 2.93. The van der Waals surface area contributed by atoms with Crippen LogP contribution < -0.4 is 5.32 Å². The van der Waals surface area contributed by atoms with Gasteiger partial charge < -0.3 is 10.4 Å². The number of amides is 1. The number of carbonyl (C=O) groups excluding carboxylic acids is 1. The van der Waals surface area contributed by atoms with E-state index >= 15 is 0 Å². The van der Waals surface area contributed by atoms with Crippen LogP contribution in [0.25, 0.3) is 0 Å². The van der Waals surface area contributed by atoms with Crippen LogP contribution in [0.15, 0.2) is 16.8 Å². The number of aliphatic hydroxyl groups is 1. The van der Waals surface area contributed by atoms with Gasteiger partial charge in [0.1, 0.15) is 0 Å². The molecule has 1 aromatic heterocycles. The molecule has 1 aliphatic rings. The Labute approximate surface area is 112 Å². The Bertz CT molecular complexity index is 358. The lowest BCUT2D eigenvalue weighted by Gasteiger charge is -2.30. The SMILES string of the molecule is O=C(NC(CCO)C1CCCCC1)c1ccsc1. The second kappa shape index (κ2) is 6.90. The van der Waals surface area contributed by atoms with E-state index in [0.717, 1.165) is 5.56 Å². The number of rotatable bonds is 5. The lowest BCUT2D eigenvalue weighted by molar-refractivity contribution is 0.0900. The van der Waals surface area contributed by atoms with Crippen LogP contribution in [0.4, 0.5) is 0 Å². The van der Waals surface area contributed by atoms with Gasteiger partial charge in [0.25, 0.3) is 5.91 Å². The molecule has 0 aliphatic heterocycles. The largest absolute Gasteiger partial charge is 0.396 e. The molecule has 4 heteroatoms. The van der Waals surface area contributed by atoms with E-state index in [9.17, 15) is 4.79 Å². The normalized spacial score (nSPS) is 18.5. The van der Waals surface area contributed by atoms with E-state index in [-0.39, 0.29) is 18.6 Å². The number of aliphatic hydroxyl groups excluding tert-OH is 1. The maximum Gasteiger partial charge on any atom is 0.252 e. The molecule has 18 heavy (non-hydrogen) atoms. The molecule has 1 saturated carbocycles. The van der Waals surface area contributed by atoms with E-state index in [4.69, 9.17) is 5.11 Å². The van der Waals surface area contributed by atoms with Gasteiger partial charge >= 0.3 is 0 Å². The lowest BCUT2D eigenvalue weighted by atomic mass is 9.82. The highest BCUT2D eigenvalue weighted by Crippen LogP contribution is 2.28. The third kappa shape index (κ3) is 3.56. The van der Waals surface area contributed by atoms with Crippen LogP contribution in [0.5, 0.6) is 0 Å². The van der Waals surface area contributed by atoms with Crippen LogP contribution in [-0.4, -0.2) is 23.7 Å². The van der Waals surface area contributed by atoms with Crippen molar-refractivity contribution in [2.75, 3.05) is 6.61 Å². The predicted octanol–water partition coefficient (Wildman–Crippen LogP) is 2.81. The van der Waals surface area contributed by atoms with Crippen molar-refractivity contribution in [1.29, 1.82) is 0 Å². The van der Waals surface area contributed by atoms with Crippen molar-refractivity contribution in [2.45, 2.75) is 44.6 Å². The Hall–Kier alpha value is -0.870. The van der Waals surface area contributed by atoms with Gasteiger partial charge in [-0.1, -0.05) is 19.3 Å². The van der Waals surface area contributed by atoms with E-state index < -0.39 is 0 Å². The average molecular weight is 267 g/mol. The first-order chi connectivity index (χ1) is 8.81. The minimum atomic E-state index is 0.000253. The van der Waals surface area contributed by atoms with E-state index in [1.165, 1.54) is 43.4 Å². The molecule has 1 aliphatic carbocycles. The zero-order valence-electron chi connectivity index (χ0n) is 10.6. The van der Waals surface area contributed by atoms with Crippen molar-refractivity contribution in [2.24, 2.45) is 5.92 Å². The fraction of sp³-hybridized carbons (Fsp3) is 0.643. The van der Waals surface area contributed by atoms with Crippen molar-refractivity contribution in [3.63, 3.8) is 0 Å². The van der Waals surface area contributed by atoms with Gasteiger partial charge in [0.05, 0.1) is 0 Å². The minimum absolute atomic E-state index is 0.000253. The van der Waals surface area contributed by atoms with Gasteiger partial charge in [0.2, 0.25) is 0 Å². The molecule has 0 aromatic carbocycles. The molecule has 0 spiro atoms. The molecular formula is C14H21NO2S. The van der Waals surface area contributed by atoms with Crippen molar-refractivity contribution >= 4 is 17.2 Å². The molecule has 0 radical (unpaired) electrons. The Morgan fingerprint density at radius 2 is 2.22 bits per heavy atom. The molecule has 1 heterocycles. The van der Waals surface area contributed by atoms with E-state index in [0.29, 0.717) is 12.3 Å². The van der Waals surface area contributed by atoms with Crippen LogP contribution in [0, 0.1) is 5.92 Å². The predicted molar refractivity (Wildman–Crippen MR) is 73.9 cm³/mol. The summed E-state index contributed by atoms with van der Waals surface area (Å²) in [7, 11) is 0. The molecule has 1 amide bonds. The molecule has 1 fully saturated rings. The third-order valence-electron chi connectivity index (χ3n) is 3.76. The van der Waals surface area contributed by atoms with E-state index in [1.807, 2.05) is 16.8 Å². The number of hydrogen-bond donors (Lipinski definition) is 2.